The number of carbonyl (C=O) groups is 2. The molecule has 0 aromatic heterocycles. The number of carbonyl (C=O) groups excluding carboxylic acids is 2. The predicted octanol–water partition coefficient (Wildman–Crippen LogP) is 0.529. The third-order valence-electron chi connectivity index (χ3n) is 5.09. The highest BCUT2D eigenvalue weighted by molar-refractivity contribution is 5.84. The standard InChI is InChI=1S/C15H28N4O2/c1-11(2)15(5-6-17-10-15)13(20)19-7-3-4-12(9-19)8-18-14(16)21/h11-12,17H,3-10H2,1-2H3,(H3,16,18,21). The molecule has 2 saturated heterocycles. The Balaban J connectivity index is 1.99. The van der Waals surface area contributed by atoms with Crippen LogP contribution in [0.3, 0.4) is 0 Å². The summed E-state index contributed by atoms with van der Waals surface area (Å²) in [7, 11) is 0. The Labute approximate surface area is 126 Å². The number of nitrogens with one attached hydrogen (secondary N) is 2. The highest BCUT2D eigenvalue weighted by Gasteiger charge is 2.46. The summed E-state index contributed by atoms with van der Waals surface area (Å²) in [5.41, 5.74) is 4.87. The molecule has 3 amide bonds. The van der Waals surface area contributed by atoms with Crippen molar-refractivity contribution < 1.29 is 9.59 Å². The van der Waals surface area contributed by atoms with E-state index in [0.717, 1.165) is 45.4 Å². The monoisotopic (exact) mass is 296 g/mol. The van der Waals surface area contributed by atoms with E-state index in [1.54, 1.807) is 0 Å². The van der Waals surface area contributed by atoms with Crippen LogP contribution in [0.2, 0.25) is 0 Å². The second-order valence-electron chi connectivity index (χ2n) is 6.74. The highest BCUT2D eigenvalue weighted by Crippen LogP contribution is 2.37. The third-order valence-corrected chi connectivity index (χ3v) is 5.09. The van der Waals surface area contributed by atoms with Crippen molar-refractivity contribution >= 4 is 11.9 Å². The Morgan fingerprint density at radius 3 is 2.81 bits per heavy atom. The van der Waals surface area contributed by atoms with Gasteiger partial charge in [0, 0.05) is 26.2 Å². The summed E-state index contributed by atoms with van der Waals surface area (Å²) in [5.74, 6) is 0.934. The number of likely N-dealkylation sites (tertiary alicyclic amines) is 1. The van der Waals surface area contributed by atoms with E-state index in [1.807, 2.05) is 4.90 Å². The van der Waals surface area contributed by atoms with E-state index in [1.165, 1.54) is 0 Å². The predicted molar refractivity (Wildman–Crippen MR) is 81.6 cm³/mol. The average Bonchev–Trinajstić information content (AvgIpc) is 2.95. The van der Waals surface area contributed by atoms with Crippen molar-refractivity contribution in [1.82, 2.24) is 15.5 Å². The zero-order chi connectivity index (χ0) is 15.5. The maximum atomic E-state index is 13.0. The number of urea groups is 1. The van der Waals surface area contributed by atoms with Crippen molar-refractivity contribution in [3.05, 3.63) is 0 Å². The van der Waals surface area contributed by atoms with E-state index < -0.39 is 6.03 Å². The lowest BCUT2D eigenvalue weighted by molar-refractivity contribution is -0.145. The molecule has 0 aliphatic carbocycles. The lowest BCUT2D eigenvalue weighted by atomic mass is 9.74. The summed E-state index contributed by atoms with van der Waals surface area (Å²) in [4.78, 5) is 25.9. The van der Waals surface area contributed by atoms with Crippen molar-refractivity contribution in [2.75, 3.05) is 32.7 Å². The molecule has 120 valence electrons. The topological polar surface area (TPSA) is 87.5 Å². The summed E-state index contributed by atoms with van der Waals surface area (Å²) in [6.07, 6.45) is 2.96. The smallest absolute Gasteiger partial charge is 0.312 e. The van der Waals surface area contributed by atoms with Crippen LogP contribution in [0.25, 0.3) is 0 Å². The van der Waals surface area contributed by atoms with Crippen molar-refractivity contribution in [2.24, 2.45) is 23.0 Å². The number of hydrogen-bond acceptors (Lipinski definition) is 3. The second-order valence-corrected chi connectivity index (χ2v) is 6.74. The molecule has 2 rings (SSSR count). The Kier molecular flexibility index (Phi) is 5.08. The van der Waals surface area contributed by atoms with Crippen LogP contribution in [0.1, 0.15) is 33.1 Å². The molecule has 2 heterocycles. The second kappa shape index (κ2) is 6.64. The molecule has 2 fully saturated rings. The number of amides is 3. The van der Waals surface area contributed by atoms with Gasteiger partial charge in [-0.25, -0.2) is 4.79 Å². The van der Waals surface area contributed by atoms with E-state index >= 15 is 0 Å². The molecule has 21 heavy (non-hydrogen) atoms. The first-order valence-corrected chi connectivity index (χ1v) is 7.99. The van der Waals surface area contributed by atoms with E-state index in [0.29, 0.717) is 18.4 Å². The van der Waals surface area contributed by atoms with E-state index in [4.69, 9.17) is 5.73 Å². The van der Waals surface area contributed by atoms with Gasteiger partial charge in [-0.05, 0) is 37.6 Å². The van der Waals surface area contributed by atoms with Gasteiger partial charge in [0.25, 0.3) is 0 Å². The number of nitrogens with zero attached hydrogens (tertiary/aromatic N) is 1. The normalized spacial score (nSPS) is 29.7. The van der Waals surface area contributed by atoms with Gasteiger partial charge >= 0.3 is 6.03 Å². The van der Waals surface area contributed by atoms with Gasteiger partial charge in [-0.15, -0.1) is 0 Å². The SMILES string of the molecule is CC(C)C1(C(=O)N2CCCC(CNC(N)=O)C2)CCNC1. The zero-order valence-electron chi connectivity index (χ0n) is 13.2. The van der Waals surface area contributed by atoms with Crippen LogP contribution in [0.5, 0.6) is 0 Å². The number of primary amides is 1. The maximum Gasteiger partial charge on any atom is 0.312 e. The van der Waals surface area contributed by atoms with Crippen LogP contribution >= 0.6 is 0 Å². The minimum absolute atomic E-state index is 0.251. The lowest BCUT2D eigenvalue weighted by Crippen LogP contribution is -2.52. The summed E-state index contributed by atoms with van der Waals surface area (Å²) >= 11 is 0. The molecule has 0 aromatic carbocycles. The summed E-state index contributed by atoms with van der Waals surface area (Å²) < 4.78 is 0. The fraction of sp³-hybridized carbons (Fsp3) is 0.867. The van der Waals surface area contributed by atoms with E-state index in [2.05, 4.69) is 24.5 Å². The molecule has 0 saturated carbocycles. The average molecular weight is 296 g/mol. The van der Waals surface area contributed by atoms with Crippen molar-refractivity contribution in [3.8, 4) is 0 Å². The van der Waals surface area contributed by atoms with Crippen LogP contribution < -0.4 is 16.4 Å². The van der Waals surface area contributed by atoms with Gasteiger partial charge in [-0.2, -0.15) is 0 Å². The minimum Gasteiger partial charge on any atom is -0.352 e. The van der Waals surface area contributed by atoms with Crippen molar-refractivity contribution in [1.29, 1.82) is 0 Å². The molecule has 2 unspecified atom stereocenters. The molecule has 2 atom stereocenters. The van der Waals surface area contributed by atoms with Crippen LogP contribution in [-0.2, 0) is 4.79 Å². The van der Waals surface area contributed by atoms with Gasteiger partial charge in [0.05, 0.1) is 5.41 Å². The first kappa shape index (κ1) is 16.1. The first-order chi connectivity index (χ1) is 9.95. The molecule has 0 aromatic rings. The first-order valence-electron chi connectivity index (χ1n) is 7.99. The van der Waals surface area contributed by atoms with Gasteiger partial charge in [0.15, 0.2) is 0 Å². The van der Waals surface area contributed by atoms with Gasteiger partial charge < -0.3 is 21.3 Å². The number of piperidine rings is 1. The van der Waals surface area contributed by atoms with Gasteiger partial charge in [-0.3, -0.25) is 4.79 Å². The molecule has 0 bridgehead atoms. The van der Waals surface area contributed by atoms with Gasteiger partial charge in [0.1, 0.15) is 0 Å². The van der Waals surface area contributed by atoms with Crippen LogP contribution in [0.15, 0.2) is 0 Å². The number of nitrogens with two attached hydrogens (primary N) is 1. The molecule has 6 nitrogen and oxygen atoms in total. The Hall–Kier alpha value is -1.30. The quantitative estimate of drug-likeness (QED) is 0.707. The largest absolute Gasteiger partial charge is 0.352 e. The van der Waals surface area contributed by atoms with Crippen LogP contribution in [-0.4, -0.2) is 49.6 Å². The Morgan fingerprint density at radius 2 is 2.24 bits per heavy atom. The van der Waals surface area contributed by atoms with Crippen molar-refractivity contribution in [3.63, 3.8) is 0 Å². The lowest BCUT2D eigenvalue weighted by Gasteiger charge is -2.40. The summed E-state index contributed by atoms with van der Waals surface area (Å²) in [5, 5.41) is 6.01. The van der Waals surface area contributed by atoms with Crippen molar-refractivity contribution in [2.45, 2.75) is 33.1 Å². The molecule has 4 N–H and O–H groups in total. The molecular weight excluding hydrogens is 268 g/mol. The molecule has 2 aliphatic rings. The Morgan fingerprint density at radius 1 is 1.48 bits per heavy atom. The molecule has 0 spiro atoms. The maximum absolute atomic E-state index is 13.0. The van der Waals surface area contributed by atoms with Gasteiger partial charge in [-0.1, -0.05) is 13.8 Å². The number of rotatable bonds is 4. The fourth-order valence-corrected chi connectivity index (χ4v) is 3.61. The molecular formula is C15H28N4O2. The van der Waals surface area contributed by atoms with Crippen LogP contribution in [0.4, 0.5) is 4.79 Å². The van der Waals surface area contributed by atoms with E-state index in [9.17, 15) is 9.59 Å². The highest BCUT2D eigenvalue weighted by atomic mass is 16.2. The summed E-state index contributed by atoms with van der Waals surface area (Å²) in [6.45, 7) is 8.11. The molecule has 2 aliphatic heterocycles. The van der Waals surface area contributed by atoms with Gasteiger partial charge in [0.2, 0.25) is 5.91 Å². The third kappa shape index (κ3) is 3.48. The molecule has 6 heteroatoms. The fourth-order valence-electron chi connectivity index (χ4n) is 3.61. The molecule has 0 radical (unpaired) electrons. The van der Waals surface area contributed by atoms with E-state index in [-0.39, 0.29) is 11.3 Å². The summed E-state index contributed by atoms with van der Waals surface area (Å²) in [6, 6.07) is -0.489. The minimum atomic E-state index is -0.489. The number of hydrogen-bond donors (Lipinski definition) is 3. The van der Waals surface area contributed by atoms with Crippen LogP contribution in [0, 0.1) is 17.3 Å². The Bertz CT molecular complexity index is 391. The zero-order valence-corrected chi connectivity index (χ0v) is 13.2.